The molecule has 0 saturated carbocycles. The Balaban J connectivity index is 1.82. The molecule has 2 heterocycles. The summed E-state index contributed by atoms with van der Waals surface area (Å²) in [6.45, 7) is 0. The van der Waals surface area contributed by atoms with Gasteiger partial charge in [-0.05, 0) is 28.1 Å². The van der Waals surface area contributed by atoms with Crippen molar-refractivity contribution < 1.29 is 4.79 Å². The number of nitrogens with one attached hydrogen (secondary N) is 1. The fourth-order valence-electron chi connectivity index (χ4n) is 1.53. The highest BCUT2D eigenvalue weighted by molar-refractivity contribution is 9.11. The number of halogens is 1. The molecule has 1 N–H and O–H groups in total. The molecule has 18 heavy (non-hydrogen) atoms. The fraction of sp³-hybridized carbons (Fsp3) is 0. The van der Waals surface area contributed by atoms with Crippen LogP contribution in [0.1, 0.15) is 10.4 Å². The molecule has 0 spiro atoms. The molecule has 1 aromatic carbocycles. The van der Waals surface area contributed by atoms with Gasteiger partial charge in [-0.25, -0.2) is 0 Å². The van der Waals surface area contributed by atoms with Crippen molar-refractivity contribution >= 4 is 49.9 Å². The standard InChI is InChI=1S/C11H6BrN3OS2/c12-10-14-15-11(18-10)13-5-8-9(16)6-3-1-2-4-7(6)17-8/h1-5H,(H,13,15)/b8-5-. The van der Waals surface area contributed by atoms with E-state index in [-0.39, 0.29) is 5.78 Å². The van der Waals surface area contributed by atoms with Crippen molar-refractivity contribution in [3.63, 3.8) is 0 Å². The smallest absolute Gasteiger partial charge is 0.210 e. The number of hydrogen-bond acceptors (Lipinski definition) is 6. The summed E-state index contributed by atoms with van der Waals surface area (Å²) in [5.74, 6) is 0.0479. The van der Waals surface area contributed by atoms with Crippen LogP contribution in [0.25, 0.3) is 0 Å². The third-order valence-corrected chi connectivity index (χ3v) is 4.69. The average molecular weight is 340 g/mol. The third kappa shape index (κ3) is 2.21. The number of Topliss-reactive ketones (excluding diaryl/α,β-unsaturated/α-hetero) is 1. The Bertz CT molecular complexity index is 653. The van der Waals surface area contributed by atoms with Gasteiger partial charge in [-0.2, -0.15) is 0 Å². The molecule has 3 rings (SSSR count). The zero-order valence-electron chi connectivity index (χ0n) is 8.88. The summed E-state index contributed by atoms with van der Waals surface area (Å²) in [4.78, 5) is 13.7. The van der Waals surface area contributed by atoms with Crippen molar-refractivity contribution in [2.75, 3.05) is 5.32 Å². The second-order valence-corrected chi connectivity index (χ2v) is 6.78. The quantitative estimate of drug-likeness (QED) is 0.848. The van der Waals surface area contributed by atoms with Crippen LogP contribution in [0.15, 0.2) is 44.2 Å². The van der Waals surface area contributed by atoms with Gasteiger partial charge in [-0.15, -0.1) is 10.2 Å². The van der Waals surface area contributed by atoms with Crippen LogP contribution in [-0.2, 0) is 0 Å². The second-order valence-electron chi connectivity index (χ2n) is 3.44. The number of aromatic nitrogens is 2. The van der Waals surface area contributed by atoms with Crippen molar-refractivity contribution in [1.82, 2.24) is 10.2 Å². The Hall–Kier alpha value is -1.18. The number of thioether (sulfide) groups is 1. The van der Waals surface area contributed by atoms with E-state index in [1.807, 2.05) is 24.3 Å². The van der Waals surface area contributed by atoms with Crippen molar-refractivity contribution in [2.45, 2.75) is 4.90 Å². The van der Waals surface area contributed by atoms with E-state index in [4.69, 9.17) is 0 Å². The first-order valence-electron chi connectivity index (χ1n) is 5.01. The number of nitrogens with zero attached hydrogens (tertiary/aromatic N) is 2. The molecular formula is C11H6BrN3OS2. The minimum Gasteiger partial charge on any atom is -0.335 e. The summed E-state index contributed by atoms with van der Waals surface area (Å²) < 4.78 is 0.706. The van der Waals surface area contributed by atoms with Gasteiger partial charge in [-0.3, -0.25) is 4.79 Å². The lowest BCUT2D eigenvalue weighted by molar-refractivity contribution is 0.104. The van der Waals surface area contributed by atoms with E-state index >= 15 is 0 Å². The van der Waals surface area contributed by atoms with E-state index in [1.54, 1.807) is 6.20 Å². The molecule has 1 aliphatic heterocycles. The first kappa shape index (κ1) is 11.9. The number of carbonyl (C=O) groups is 1. The summed E-state index contributed by atoms with van der Waals surface area (Å²) in [7, 11) is 0. The van der Waals surface area contributed by atoms with Crippen molar-refractivity contribution in [2.24, 2.45) is 0 Å². The molecular weight excluding hydrogens is 334 g/mol. The summed E-state index contributed by atoms with van der Waals surface area (Å²) >= 11 is 6.07. The van der Waals surface area contributed by atoms with Gasteiger partial charge in [0.2, 0.25) is 10.9 Å². The van der Waals surface area contributed by atoms with Gasteiger partial charge in [-0.1, -0.05) is 35.2 Å². The van der Waals surface area contributed by atoms with Crippen LogP contribution in [0.3, 0.4) is 0 Å². The van der Waals surface area contributed by atoms with Crippen LogP contribution < -0.4 is 5.32 Å². The van der Waals surface area contributed by atoms with E-state index in [1.165, 1.54) is 23.1 Å². The van der Waals surface area contributed by atoms with Crippen LogP contribution in [0, 0.1) is 0 Å². The van der Waals surface area contributed by atoms with Gasteiger partial charge in [0.25, 0.3) is 0 Å². The summed E-state index contributed by atoms with van der Waals surface area (Å²) in [6, 6.07) is 7.58. The Labute approximate surface area is 120 Å². The monoisotopic (exact) mass is 339 g/mol. The van der Waals surface area contributed by atoms with E-state index in [2.05, 4.69) is 31.4 Å². The second kappa shape index (κ2) is 4.83. The Morgan fingerprint density at radius 2 is 2.11 bits per heavy atom. The van der Waals surface area contributed by atoms with Gasteiger partial charge >= 0.3 is 0 Å². The van der Waals surface area contributed by atoms with Crippen LogP contribution in [0.5, 0.6) is 0 Å². The topological polar surface area (TPSA) is 54.9 Å². The highest BCUT2D eigenvalue weighted by Crippen LogP contribution is 2.39. The summed E-state index contributed by atoms with van der Waals surface area (Å²) in [6.07, 6.45) is 1.68. The predicted octanol–water partition coefficient (Wildman–Crippen LogP) is 3.54. The van der Waals surface area contributed by atoms with E-state index in [9.17, 15) is 4.79 Å². The normalized spacial score (nSPS) is 16.1. The highest BCUT2D eigenvalue weighted by atomic mass is 79.9. The van der Waals surface area contributed by atoms with Crippen molar-refractivity contribution in [3.05, 3.63) is 44.9 Å². The van der Waals surface area contributed by atoms with Gasteiger partial charge < -0.3 is 5.32 Å². The maximum Gasteiger partial charge on any atom is 0.210 e. The van der Waals surface area contributed by atoms with Crippen molar-refractivity contribution in [1.29, 1.82) is 0 Å². The van der Waals surface area contributed by atoms with Gasteiger partial charge in [0.05, 0.1) is 4.91 Å². The van der Waals surface area contributed by atoms with Crippen molar-refractivity contribution in [3.8, 4) is 0 Å². The number of allylic oxidation sites excluding steroid dienone is 1. The van der Waals surface area contributed by atoms with Gasteiger partial charge in [0, 0.05) is 16.7 Å². The lowest BCUT2D eigenvalue weighted by Gasteiger charge is -1.95. The molecule has 4 nitrogen and oxygen atoms in total. The molecule has 1 aromatic heterocycles. The molecule has 0 unspecified atom stereocenters. The number of carbonyl (C=O) groups excluding carboxylic acids is 1. The minimum atomic E-state index is 0.0479. The van der Waals surface area contributed by atoms with Crippen LogP contribution in [-0.4, -0.2) is 16.0 Å². The summed E-state index contributed by atoms with van der Waals surface area (Å²) in [5.41, 5.74) is 0.758. The van der Waals surface area contributed by atoms with E-state index in [0.717, 1.165) is 10.5 Å². The average Bonchev–Trinajstić information content (AvgIpc) is 2.92. The van der Waals surface area contributed by atoms with E-state index < -0.39 is 0 Å². The predicted molar refractivity (Wildman–Crippen MR) is 75.9 cm³/mol. The number of rotatable bonds is 2. The molecule has 0 saturated heterocycles. The first-order chi connectivity index (χ1) is 8.74. The molecule has 1 aliphatic rings. The fourth-order valence-corrected chi connectivity index (χ4v) is 3.48. The Morgan fingerprint density at radius 3 is 2.83 bits per heavy atom. The van der Waals surface area contributed by atoms with Crippen LogP contribution in [0.2, 0.25) is 0 Å². The van der Waals surface area contributed by atoms with Crippen LogP contribution >= 0.6 is 39.0 Å². The Morgan fingerprint density at radius 1 is 1.28 bits per heavy atom. The molecule has 0 aliphatic carbocycles. The molecule has 7 heteroatoms. The Kier molecular flexibility index (Phi) is 3.19. The number of anilines is 1. The lowest BCUT2D eigenvalue weighted by Crippen LogP contribution is -1.97. The third-order valence-electron chi connectivity index (χ3n) is 2.30. The molecule has 0 amide bonds. The zero-order chi connectivity index (χ0) is 12.5. The highest BCUT2D eigenvalue weighted by Gasteiger charge is 2.25. The lowest BCUT2D eigenvalue weighted by atomic mass is 10.1. The van der Waals surface area contributed by atoms with Gasteiger partial charge in [0.1, 0.15) is 0 Å². The number of fused-ring (bicyclic) bond motifs is 1. The number of ketones is 1. The molecule has 0 radical (unpaired) electrons. The molecule has 0 atom stereocenters. The van der Waals surface area contributed by atoms with E-state index in [0.29, 0.717) is 14.0 Å². The number of hydrogen-bond donors (Lipinski definition) is 1. The molecule has 0 fully saturated rings. The maximum atomic E-state index is 12.1. The maximum absolute atomic E-state index is 12.1. The summed E-state index contributed by atoms with van der Waals surface area (Å²) in [5, 5.41) is 11.4. The van der Waals surface area contributed by atoms with Gasteiger partial charge in [0.15, 0.2) is 3.92 Å². The minimum absolute atomic E-state index is 0.0479. The molecule has 0 bridgehead atoms. The molecule has 90 valence electrons. The van der Waals surface area contributed by atoms with Crippen LogP contribution in [0.4, 0.5) is 5.13 Å². The first-order valence-corrected chi connectivity index (χ1v) is 7.44. The molecule has 2 aromatic rings. The zero-order valence-corrected chi connectivity index (χ0v) is 12.1. The number of benzene rings is 1. The SMILES string of the molecule is O=C1/C(=C/Nc2nnc(Br)s2)Sc2ccccc21. The largest absolute Gasteiger partial charge is 0.335 e.